The highest BCUT2D eigenvalue weighted by Crippen LogP contribution is 2.34. The maximum absolute atomic E-state index is 12.0. The standard InChI is InChI=1S/C19H23NO2/c1-13(2)14-7-9-16-15(6-4-5-11-20)12-18(19(21)22-3)17(16)10-8-14/h4,6-10,12-13H,5,11,20H2,1-3H3/b6-4-. The summed E-state index contributed by atoms with van der Waals surface area (Å²) in [6.45, 7) is 4.93. The van der Waals surface area contributed by atoms with Crippen LogP contribution in [0.25, 0.3) is 17.2 Å². The Bertz CT molecular complexity index is 659. The summed E-state index contributed by atoms with van der Waals surface area (Å²) in [5, 5.41) is 0. The molecule has 22 heavy (non-hydrogen) atoms. The van der Waals surface area contributed by atoms with Crippen molar-refractivity contribution >= 4 is 12.0 Å². The second kappa shape index (κ2) is 7.23. The average Bonchev–Trinajstić information content (AvgIpc) is 2.70. The van der Waals surface area contributed by atoms with E-state index in [4.69, 9.17) is 10.5 Å². The van der Waals surface area contributed by atoms with Crippen LogP contribution < -0.4 is 5.73 Å². The Morgan fingerprint density at radius 3 is 2.50 bits per heavy atom. The Balaban J connectivity index is 2.58. The van der Waals surface area contributed by atoms with Gasteiger partial charge in [-0.15, -0.1) is 0 Å². The molecule has 2 aliphatic rings. The molecule has 2 N–H and O–H groups in total. The van der Waals surface area contributed by atoms with Gasteiger partial charge >= 0.3 is 5.97 Å². The maximum atomic E-state index is 12.0. The zero-order valence-corrected chi connectivity index (χ0v) is 13.4. The molecule has 0 saturated carbocycles. The van der Waals surface area contributed by atoms with E-state index >= 15 is 0 Å². The van der Waals surface area contributed by atoms with Crippen molar-refractivity contribution in [2.24, 2.45) is 5.73 Å². The average molecular weight is 297 g/mol. The topological polar surface area (TPSA) is 52.3 Å². The first-order chi connectivity index (χ1) is 10.6. The molecule has 0 unspecified atom stereocenters. The van der Waals surface area contributed by atoms with Crippen LogP contribution in [0.15, 0.2) is 36.4 Å². The van der Waals surface area contributed by atoms with Crippen molar-refractivity contribution in [1.82, 2.24) is 0 Å². The first-order valence-corrected chi connectivity index (χ1v) is 7.60. The van der Waals surface area contributed by atoms with E-state index in [9.17, 15) is 4.79 Å². The Morgan fingerprint density at radius 1 is 1.23 bits per heavy atom. The van der Waals surface area contributed by atoms with E-state index < -0.39 is 0 Å². The summed E-state index contributed by atoms with van der Waals surface area (Å²) >= 11 is 0. The molecule has 3 heteroatoms. The minimum atomic E-state index is -0.305. The Kier molecular flexibility index (Phi) is 5.34. The normalized spacial score (nSPS) is 11.5. The smallest absolute Gasteiger partial charge is 0.338 e. The number of ether oxygens (including phenoxy) is 1. The number of nitrogens with two attached hydrogens (primary N) is 1. The van der Waals surface area contributed by atoms with Crippen molar-refractivity contribution in [3.8, 4) is 11.1 Å². The molecular formula is C19H23NO2. The predicted molar refractivity (Wildman–Crippen MR) is 91.2 cm³/mol. The molecule has 0 fully saturated rings. The SMILES string of the molecule is COC(=O)c1cc(/C=C\CCN)c2ccc(C(C)C)ccc1-2. The molecule has 0 heterocycles. The fraction of sp³-hybridized carbons (Fsp3) is 0.316. The summed E-state index contributed by atoms with van der Waals surface area (Å²) in [5.74, 6) is 0.134. The van der Waals surface area contributed by atoms with E-state index in [1.807, 2.05) is 24.3 Å². The number of rotatable bonds is 5. The lowest BCUT2D eigenvalue weighted by atomic mass is 10.1. The highest BCUT2D eigenvalue weighted by molar-refractivity contribution is 6.01. The molecule has 0 amide bonds. The van der Waals surface area contributed by atoms with E-state index in [1.165, 1.54) is 12.7 Å². The van der Waals surface area contributed by atoms with Crippen molar-refractivity contribution in [2.75, 3.05) is 13.7 Å². The molecule has 0 aromatic carbocycles. The predicted octanol–water partition coefficient (Wildman–Crippen LogP) is 4.06. The number of esters is 1. The minimum absolute atomic E-state index is 0.305. The van der Waals surface area contributed by atoms with Crippen LogP contribution in [-0.2, 0) is 4.74 Å². The van der Waals surface area contributed by atoms with Crippen LogP contribution >= 0.6 is 0 Å². The number of hydrogen-bond donors (Lipinski definition) is 1. The van der Waals surface area contributed by atoms with E-state index in [1.54, 1.807) is 0 Å². The van der Waals surface area contributed by atoms with Gasteiger partial charge in [0.25, 0.3) is 0 Å². The minimum Gasteiger partial charge on any atom is -0.465 e. The third kappa shape index (κ3) is 3.37. The summed E-state index contributed by atoms with van der Waals surface area (Å²) < 4.78 is 4.91. The van der Waals surface area contributed by atoms with Crippen LogP contribution in [0.3, 0.4) is 0 Å². The zero-order valence-electron chi connectivity index (χ0n) is 13.4. The molecule has 2 rings (SSSR count). The molecule has 0 bridgehead atoms. The number of fused-ring (bicyclic) bond motifs is 1. The number of methoxy groups -OCH3 is 1. The molecule has 2 aliphatic carbocycles. The number of carbonyl (C=O) groups excluding carboxylic acids is 1. The van der Waals surface area contributed by atoms with Crippen molar-refractivity contribution in [2.45, 2.75) is 26.2 Å². The first kappa shape index (κ1) is 16.2. The quantitative estimate of drug-likeness (QED) is 0.847. The highest BCUT2D eigenvalue weighted by Gasteiger charge is 2.19. The van der Waals surface area contributed by atoms with Crippen LogP contribution in [0.5, 0.6) is 0 Å². The van der Waals surface area contributed by atoms with Crippen molar-refractivity contribution in [3.05, 3.63) is 53.1 Å². The molecule has 3 nitrogen and oxygen atoms in total. The summed E-state index contributed by atoms with van der Waals surface area (Å²) in [4.78, 5) is 12.0. The summed E-state index contributed by atoms with van der Waals surface area (Å²) in [6, 6.07) is 10.2. The maximum Gasteiger partial charge on any atom is 0.338 e. The lowest BCUT2D eigenvalue weighted by molar-refractivity contribution is 0.0602. The highest BCUT2D eigenvalue weighted by atomic mass is 16.5. The second-order valence-corrected chi connectivity index (χ2v) is 5.63. The molecule has 0 aromatic heterocycles. The molecule has 0 saturated heterocycles. The molecule has 116 valence electrons. The van der Waals surface area contributed by atoms with Crippen LogP contribution in [0.2, 0.25) is 0 Å². The summed E-state index contributed by atoms with van der Waals surface area (Å²) in [5.41, 5.74) is 10.4. The molecule has 0 aliphatic heterocycles. The summed E-state index contributed by atoms with van der Waals surface area (Å²) in [6.07, 6.45) is 4.87. The fourth-order valence-electron chi connectivity index (χ4n) is 2.50. The van der Waals surface area contributed by atoms with Gasteiger partial charge < -0.3 is 10.5 Å². The number of hydrogen-bond acceptors (Lipinski definition) is 3. The van der Waals surface area contributed by atoms with Gasteiger partial charge in [-0.3, -0.25) is 0 Å². The van der Waals surface area contributed by atoms with Gasteiger partial charge in [0.1, 0.15) is 0 Å². The molecular weight excluding hydrogens is 274 g/mol. The van der Waals surface area contributed by atoms with Crippen molar-refractivity contribution in [1.29, 1.82) is 0 Å². The van der Waals surface area contributed by atoms with Crippen LogP contribution in [0.1, 0.15) is 47.7 Å². The van der Waals surface area contributed by atoms with E-state index in [2.05, 4.69) is 32.0 Å². The van der Waals surface area contributed by atoms with Gasteiger partial charge in [-0.1, -0.05) is 50.3 Å². The van der Waals surface area contributed by atoms with Gasteiger partial charge in [0.05, 0.1) is 12.7 Å². The third-order valence-corrected chi connectivity index (χ3v) is 3.78. The van der Waals surface area contributed by atoms with E-state index in [0.717, 1.165) is 23.1 Å². The zero-order chi connectivity index (χ0) is 16.1. The van der Waals surface area contributed by atoms with Crippen LogP contribution in [0, 0.1) is 0 Å². The largest absolute Gasteiger partial charge is 0.465 e. The second-order valence-electron chi connectivity index (χ2n) is 5.63. The lowest BCUT2D eigenvalue weighted by Crippen LogP contribution is -1.99. The van der Waals surface area contributed by atoms with Crippen molar-refractivity contribution < 1.29 is 9.53 Å². The Hall–Kier alpha value is -2.13. The van der Waals surface area contributed by atoms with Gasteiger partial charge in [0.2, 0.25) is 0 Å². The monoisotopic (exact) mass is 297 g/mol. The van der Waals surface area contributed by atoms with Gasteiger partial charge in [0.15, 0.2) is 0 Å². The molecule has 0 atom stereocenters. The summed E-state index contributed by atoms with van der Waals surface area (Å²) in [7, 11) is 1.41. The first-order valence-electron chi connectivity index (χ1n) is 7.60. The third-order valence-electron chi connectivity index (χ3n) is 3.78. The van der Waals surface area contributed by atoms with Gasteiger partial charge in [-0.2, -0.15) is 0 Å². The Morgan fingerprint density at radius 2 is 1.91 bits per heavy atom. The molecule has 0 aromatic rings. The van der Waals surface area contributed by atoms with Crippen LogP contribution in [-0.4, -0.2) is 19.6 Å². The van der Waals surface area contributed by atoms with E-state index in [-0.39, 0.29) is 5.97 Å². The van der Waals surface area contributed by atoms with Crippen LogP contribution in [0.4, 0.5) is 0 Å². The molecule has 0 radical (unpaired) electrons. The Labute approximate surface area is 132 Å². The molecule has 0 spiro atoms. The van der Waals surface area contributed by atoms with E-state index in [0.29, 0.717) is 18.0 Å². The van der Waals surface area contributed by atoms with Gasteiger partial charge in [-0.05, 0) is 47.2 Å². The fourth-order valence-corrected chi connectivity index (χ4v) is 2.50. The van der Waals surface area contributed by atoms with Gasteiger partial charge in [-0.25, -0.2) is 4.79 Å². The lowest BCUT2D eigenvalue weighted by Gasteiger charge is -2.00. The van der Waals surface area contributed by atoms with Crippen molar-refractivity contribution in [3.63, 3.8) is 0 Å². The number of carbonyl (C=O) groups is 1. The van der Waals surface area contributed by atoms with Gasteiger partial charge in [0, 0.05) is 0 Å².